The molecule has 1 atom stereocenters. The third-order valence-corrected chi connectivity index (χ3v) is 3.54. The van der Waals surface area contributed by atoms with Gasteiger partial charge in [-0.15, -0.1) is 0 Å². The number of carbonyl (C=O) groups is 1. The average molecular weight is 250 g/mol. The predicted octanol–water partition coefficient (Wildman–Crippen LogP) is 0.828. The first kappa shape index (κ1) is 13.1. The van der Waals surface area contributed by atoms with E-state index in [9.17, 15) is 4.79 Å². The second-order valence-electron chi connectivity index (χ2n) is 4.77. The number of aryl methyl sites for hydroxylation is 1. The van der Waals surface area contributed by atoms with Gasteiger partial charge in [0.15, 0.2) is 0 Å². The summed E-state index contributed by atoms with van der Waals surface area (Å²) in [4.78, 5) is 18.2. The molecular formula is C13H22N4O. The third kappa shape index (κ3) is 2.72. The number of amides is 1. The van der Waals surface area contributed by atoms with Crippen molar-refractivity contribution < 1.29 is 4.79 Å². The number of imidazole rings is 1. The molecule has 1 amide bonds. The molecule has 1 aromatic heterocycles. The van der Waals surface area contributed by atoms with Gasteiger partial charge >= 0.3 is 0 Å². The largest absolute Gasteiger partial charge is 0.340 e. The molecule has 18 heavy (non-hydrogen) atoms. The minimum atomic E-state index is 0.195. The zero-order valence-electron chi connectivity index (χ0n) is 11.2. The predicted molar refractivity (Wildman–Crippen MR) is 70.4 cm³/mol. The molecule has 1 saturated heterocycles. The lowest BCUT2D eigenvalue weighted by Gasteiger charge is -2.34. The van der Waals surface area contributed by atoms with E-state index in [1.807, 2.05) is 24.3 Å². The van der Waals surface area contributed by atoms with Gasteiger partial charge in [0.2, 0.25) is 5.91 Å². The number of likely N-dealkylation sites (tertiary alicyclic amines) is 1. The topological polar surface area (TPSA) is 50.2 Å². The molecule has 0 radical (unpaired) electrons. The highest BCUT2D eigenvalue weighted by Crippen LogP contribution is 2.22. The second kappa shape index (κ2) is 6.00. The van der Waals surface area contributed by atoms with Gasteiger partial charge in [0.05, 0.1) is 12.6 Å². The highest BCUT2D eigenvalue weighted by molar-refractivity contribution is 5.78. The normalized spacial score (nSPS) is 20.1. The number of likely N-dealkylation sites (N-methyl/N-ethyl adjacent to an activating group) is 1. The van der Waals surface area contributed by atoms with E-state index in [1.165, 1.54) is 0 Å². The van der Waals surface area contributed by atoms with Crippen LogP contribution in [-0.2, 0) is 11.2 Å². The van der Waals surface area contributed by atoms with Crippen molar-refractivity contribution >= 4 is 5.91 Å². The molecule has 1 N–H and O–H groups in total. The van der Waals surface area contributed by atoms with E-state index in [0.717, 1.165) is 38.2 Å². The summed E-state index contributed by atoms with van der Waals surface area (Å²) >= 11 is 0. The van der Waals surface area contributed by atoms with Gasteiger partial charge in [-0.05, 0) is 19.9 Å². The summed E-state index contributed by atoms with van der Waals surface area (Å²) in [6.07, 6.45) is 7.03. The zero-order chi connectivity index (χ0) is 13.0. The van der Waals surface area contributed by atoms with Crippen LogP contribution in [0, 0.1) is 0 Å². The molecule has 1 unspecified atom stereocenters. The van der Waals surface area contributed by atoms with Crippen LogP contribution in [-0.4, -0.2) is 47.0 Å². The number of carbonyl (C=O) groups excluding carboxylic acids is 1. The molecular weight excluding hydrogens is 228 g/mol. The van der Waals surface area contributed by atoms with Crippen LogP contribution in [0.4, 0.5) is 0 Å². The highest BCUT2D eigenvalue weighted by Gasteiger charge is 2.25. The Bertz CT molecular complexity index is 401. The lowest BCUT2D eigenvalue weighted by molar-refractivity contribution is -0.131. The molecule has 1 aromatic rings. The molecule has 1 aliphatic rings. The van der Waals surface area contributed by atoms with Crippen LogP contribution in [0.25, 0.3) is 0 Å². The molecule has 100 valence electrons. The Morgan fingerprint density at radius 1 is 1.61 bits per heavy atom. The summed E-state index contributed by atoms with van der Waals surface area (Å²) in [6.45, 7) is 4.24. The number of hydrogen-bond acceptors (Lipinski definition) is 3. The number of nitrogens with one attached hydrogen (secondary N) is 1. The van der Waals surface area contributed by atoms with Crippen LogP contribution in [0.2, 0.25) is 0 Å². The van der Waals surface area contributed by atoms with Crippen LogP contribution >= 0.6 is 0 Å². The standard InChI is InChI=1S/C13H22N4O/c1-3-12-15-6-8-17(12)11-5-4-7-16(10-11)13(18)9-14-2/h6,8,11,14H,3-5,7,9-10H2,1-2H3. The fraction of sp³-hybridized carbons (Fsp3) is 0.692. The van der Waals surface area contributed by atoms with Gasteiger partial charge in [0.25, 0.3) is 0 Å². The van der Waals surface area contributed by atoms with Crippen molar-refractivity contribution in [2.24, 2.45) is 0 Å². The Morgan fingerprint density at radius 2 is 2.44 bits per heavy atom. The monoisotopic (exact) mass is 250 g/mol. The van der Waals surface area contributed by atoms with Gasteiger partial charge in [-0.1, -0.05) is 6.92 Å². The van der Waals surface area contributed by atoms with E-state index in [1.54, 1.807) is 0 Å². The van der Waals surface area contributed by atoms with Crippen molar-refractivity contribution in [2.45, 2.75) is 32.2 Å². The Hall–Kier alpha value is -1.36. The first-order chi connectivity index (χ1) is 8.76. The van der Waals surface area contributed by atoms with E-state index < -0.39 is 0 Å². The quantitative estimate of drug-likeness (QED) is 0.861. The van der Waals surface area contributed by atoms with Gasteiger partial charge in [0.1, 0.15) is 5.82 Å². The molecule has 2 heterocycles. The van der Waals surface area contributed by atoms with Gasteiger partial charge in [0, 0.05) is 31.9 Å². The lowest BCUT2D eigenvalue weighted by atomic mass is 10.1. The summed E-state index contributed by atoms with van der Waals surface area (Å²) in [5.41, 5.74) is 0. The Balaban J connectivity index is 2.04. The second-order valence-corrected chi connectivity index (χ2v) is 4.77. The molecule has 1 aliphatic heterocycles. The van der Waals surface area contributed by atoms with Gasteiger partial charge in [-0.2, -0.15) is 0 Å². The molecule has 0 bridgehead atoms. The van der Waals surface area contributed by atoms with Crippen molar-refractivity contribution in [3.05, 3.63) is 18.2 Å². The molecule has 0 aromatic carbocycles. The summed E-state index contributed by atoms with van der Waals surface area (Å²) in [5.74, 6) is 1.31. The third-order valence-electron chi connectivity index (χ3n) is 3.54. The van der Waals surface area contributed by atoms with Gasteiger partial charge in [-0.3, -0.25) is 4.79 Å². The molecule has 0 aliphatic carbocycles. The molecule has 0 spiro atoms. The molecule has 0 saturated carbocycles. The van der Waals surface area contributed by atoms with E-state index in [-0.39, 0.29) is 5.91 Å². The fourth-order valence-corrected chi connectivity index (χ4v) is 2.62. The number of aromatic nitrogens is 2. The summed E-state index contributed by atoms with van der Waals surface area (Å²) in [7, 11) is 1.81. The zero-order valence-corrected chi connectivity index (χ0v) is 11.2. The summed E-state index contributed by atoms with van der Waals surface area (Å²) < 4.78 is 2.23. The van der Waals surface area contributed by atoms with Crippen LogP contribution in [0.1, 0.15) is 31.6 Å². The fourth-order valence-electron chi connectivity index (χ4n) is 2.62. The minimum absolute atomic E-state index is 0.195. The van der Waals surface area contributed by atoms with Crippen LogP contribution in [0.3, 0.4) is 0 Å². The van der Waals surface area contributed by atoms with E-state index in [4.69, 9.17) is 0 Å². The van der Waals surface area contributed by atoms with Crippen LogP contribution in [0.5, 0.6) is 0 Å². The first-order valence-corrected chi connectivity index (χ1v) is 6.70. The number of piperidine rings is 1. The van der Waals surface area contributed by atoms with Crippen molar-refractivity contribution in [3.63, 3.8) is 0 Å². The maximum Gasteiger partial charge on any atom is 0.236 e. The minimum Gasteiger partial charge on any atom is -0.340 e. The van der Waals surface area contributed by atoms with Crippen LogP contribution in [0.15, 0.2) is 12.4 Å². The van der Waals surface area contributed by atoms with Gasteiger partial charge < -0.3 is 14.8 Å². The summed E-state index contributed by atoms with van der Waals surface area (Å²) in [6, 6.07) is 0.386. The smallest absolute Gasteiger partial charge is 0.236 e. The van der Waals surface area contributed by atoms with Crippen molar-refractivity contribution in [1.82, 2.24) is 19.8 Å². The molecule has 5 nitrogen and oxygen atoms in total. The Morgan fingerprint density at radius 3 is 3.17 bits per heavy atom. The summed E-state index contributed by atoms with van der Waals surface area (Å²) in [5, 5.41) is 2.93. The first-order valence-electron chi connectivity index (χ1n) is 6.70. The molecule has 2 rings (SSSR count). The van der Waals surface area contributed by atoms with E-state index in [0.29, 0.717) is 12.6 Å². The van der Waals surface area contributed by atoms with E-state index >= 15 is 0 Å². The number of rotatable bonds is 4. The van der Waals surface area contributed by atoms with E-state index in [2.05, 4.69) is 21.8 Å². The Kier molecular flexibility index (Phi) is 4.36. The maximum atomic E-state index is 11.9. The number of hydrogen-bond donors (Lipinski definition) is 1. The number of nitrogens with zero attached hydrogens (tertiary/aromatic N) is 3. The highest BCUT2D eigenvalue weighted by atomic mass is 16.2. The maximum absolute atomic E-state index is 11.9. The van der Waals surface area contributed by atoms with Crippen molar-refractivity contribution in [2.75, 3.05) is 26.7 Å². The SMILES string of the molecule is CCc1nccn1C1CCCN(C(=O)CNC)C1. The molecule has 1 fully saturated rings. The lowest BCUT2D eigenvalue weighted by Crippen LogP contribution is -2.44. The van der Waals surface area contributed by atoms with Crippen molar-refractivity contribution in [1.29, 1.82) is 0 Å². The van der Waals surface area contributed by atoms with Crippen molar-refractivity contribution in [3.8, 4) is 0 Å². The molecule has 5 heteroatoms. The van der Waals surface area contributed by atoms with Crippen LogP contribution < -0.4 is 5.32 Å². The Labute approximate surface area is 108 Å². The van der Waals surface area contributed by atoms with Gasteiger partial charge in [-0.25, -0.2) is 4.98 Å². The average Bonchev–Trinajstić information content (AvgIpc) is 2.87.